The molecule has 1 rings (SSSR count). The average Bonchev–Trinajstić information content (AvgIpc) is 2.29. The molecule has 0 aliphatic heterocycles. The third-order valence-electron chi connectivity index (χ3n) is 2.74. The van der Waals surface area contributed by atoms with Crippen LogP contribution in [0.1, 0.15) is 45.4 Å². The predicted molar refractivity (Wildman–Crippen MR) is 71.4 cm³/mol. The van der Waals surface area contributed by atoms with E-state index in [0.29, 0.717) is 9.52 Å². The van der Waals surface area contributed by atoms with Gasteiger partial charge >= 0.3 is 0 Å². The van der Waals surface area contributed by atoms with E-state index in [1.807, 2.05) is 0 Å². The lowest BCUT2D eigenvalue weighted by molar-refractivity contribution is 0.624. The fourth-order valence-corrected chi connectivity index (χ4v) is 3.10. The summed E-state index contributed by atoms with van der Waals surface area (Å²) >= 11 is 0. The molecule has 0 saturated carbocycles. The summed E-state index contributed by atoms with van der Waals surface area (Å²) < 4.78 is 0. The van der Waals surface area contributed by atoms with Crippen LogP contribution in [-0.4, -0.2) is 9.52 Å². The molecular weight excluding hydrogens is 196 g/mol. The van der Waals surface area contributed by atoms with E-state index in [9.17, 15) is 0 Å². The number of benzene rings is 1. The monoisotopic (exact) mass is 219 g/mol. The van der Waals surface area contributed by atoms with Crippen molar-refractivity contribution in [2.45, 2.75) is 51.5 Å². The summed E-state index contributed by atoms with van der Waals surface area (Å²) in [5.41, 5.74) is 0. The van der Waals surface area contributed by atoms with Gasteiger partial charge in [-0.2, -0.15) is 0 Å². The lowest BCUT2D eigenvalue weighted by Crippen LogP contribution is -2.12. The van der Waals surface area contributed by atoms with E-state index >= 15 is 0 Å². The van der Waals surface area contributed by atoms with E-state index in [1.165, 1.54) is 44.6 Å². The zero-order chi connectivity index (χ0) is 10.8. The van der Waals surface area contributed by atoms with Crippen molar-refractivity contribution in [2.24, 2.45) is 0 Å². The molecular formula is C14H23Si. The van der Waals surface area contributed by atoms with E-state index in [-0.39, 0.29) is 0 Å². The summed E-state index contributed by atoms with van der Waals surface area (Å²) in [6.07, 6.45) is 8.55. The minimum atomic E-state index is 0.533. The molecule has 0 fully saturated rings. The maximum absolute atomic E-state index is 2.28. The van der Waals surface area contributed by atoms with Gasteiger partial charge in [-0.1, -0.05) is 87.0 Å². The molecule has 0 nitrogen and oxygen atoms in total. The SMILES string of the molecule is CCCCCCCC[SiH]c1ccccc1. The minimum absolute atomic E-state index is 0.533. The molecule has 15 heavy (non-hydrogen) atoms. The molecule has 1 aromatic carbocycles. The Morgan fingerprint density at radius 1 is 0.867 bits per heavy atom. The normalized spacial score (nSPS) is 10.5. The second kappa shape index (κ2) is 8.72. The first-order valence-corrected chi connectivity index (χ1v) is 7.71. The van der Waals surface area contributed by atoms with Crippen LogP contribution in [0.3, 0.4) is 0 Å². The molecule has 0 bridgehead atoms. The van der Waals surface area contributed by atoms with Gasteiger partial charge < -0.3 is 0 Å². The van der Waals surface area contributed by atoms with Gasteiger partial charge in [-0.3, -0.25) is 0 Å². The standard InChI is InChI=1S/C14H23Si/c1-2-3-4-5-6-10-13-15-14-11-8-7-9-12-14/h7-9,11-12,15H,2-6,10,13H2,1H3. The lowest BCUT2D eigenvalue weighted by atomic mass is 10.1. The smallest absolute Gasteiger partial charge is 0.0656 e. The zero-order valence-electron chi connectivity index (χ0n) is 9.91. The molecule has 1 heteroatoms. The van der Waals surface area contributed by atoms with Crippen LogP contribution in [0.15, 0.2) is 30.3 Å². The molecule has 0 aliphatic carbocycles. The zero-order valence-corrected chi connectivity index (χ0v) is 11.1. The Bertz CT molecular complexity index is 230. The fourth-order valence-electron chi connectivity index (χ4n) is 1.78. The molecule has 0 N–H and O–H groups in total. The summed E-state index contributed by atoms with van der Waals surface area (Å²) in [6.45, 7) is 2.28. The molecule has 0 saturated heterocycles. The molecule has 83 valence electrons. The third kappa shape index (κ3) is 6.51. The van der Waals surface area contributed by atoms with Crippen LogP contribution in [0.5, 0.6) is 0 Å². The third-order valence-corrected chi connectivity index (χ3v) is 4.29. The van der Waals surface area contributed by atoms with Crippen LogP contribution in [0.4, 0.5) is 0 Å². The van der Waals surface area contributed by atoms with Gasteiger partial charge in [0.25, 0.3) is 0 Å². The van der Waals surface area contributed by atoms with Crippen molar-refractivity contribution in [3.05, 3.63) is 30.3 Å². The van der Waals surface area contributed by atoms with E-state index in [2.05, 4.69) is 37.3 Å². The van der Waals surface area contributed by atoms with Crippen molar-refractivity contribution in [1.29, 1.82) is 0 Å². The molecule has 0 aromatic heterocycles. The number of unbranched alkanes of at least 4 members (excludes halogenated alkanes) is 5. The topological polar surface area (TPSA) is 0 Å². The summed E-state index contributed by atoms with van der Waals surface area (Å²) in [5, 5.41) is 1.58. The number of hydrogen-bond donors (Lipinski definition) is 0. The van der Waals surface area contributed by atoms with Crippen molar-refractivity contribution < 1.29 is 0 Å². The average molecular weight is 219 g/mol. The summed E-state index contributed by atoms with van der Waals surface area (Å²) in [6, 6.07) is 12.4. The molecule has 1 aromatic rings. The Labute approximate surface area is 96.9 Å². The van der Waals surface area contributed by atoms with Gasteiger partial charge in [-0.05, 0) is 0 Å². The van der Waals surface area contributed by atoms with Gasteiger partial charge in [0, 0.05) is 0 Å². The maximum Gasteiger partial charge on any atom is 0.0667 e. The first kappa shape index (κ1) is 12.5. The van der Waals surface area contributed by atoms with Crippen molar-refractivity contribution in [2.75, 3.05) is 0 Å². The summed E-state index contributed by atoms with van der Waals surface area (Å²) in [5.74, 6) is 0. The highest BCUT2D eigenvalue weighted by molar-refractivity contribution is 6.53. The van der Waals surface area contributed by atoms with E-state index in [4.69, 9.17) is 0 Å². The first-order valence-electron chi connectivity index (χ1n) is 6.31. The Morgan fingerprint density at radius 2 is 1.53 bits per heavy atom. The quantitative estimate of drug-likeness (QED) is 0.463. The Kier molecular flexibility index (Phi) is 7.27. The van der Waals surface area contributed by atoms with Gasteiger partial charge in [0.05, 0.1) is 9.52 Å². The van der Waals surface area contributed by atoms with Gasteiger partial charge in [0.15, 0.2) is 0 Å². The Balaban J connectivity index is 1.93. The van der Waals surface area contributed by atoms with Crippen molar-refractivity contribution in [3.63, 3.8) is 0 Å². The molecule has 1 radical (unpaired) electrons. The van der Waals surface area contributed by atoms with Crippen LogP contribution in [0, 0.1) is 0 Å². The number of rotatable bonds is 8. The number of hydrogen-bond acceptors (Lipinski definition) is 0. The fraction of sp³-hybridized carbons (Fsp3) is 0.571. The van der Waals surface area contributed by atoms with E-state index in [1.54, 1.807) is 5.19 Å². The van der Waals surface area contributed by atoms with E-state index in [0.717, 1.165) is 0 Å². The molecule has 0 amide bonds. The van der Waals surface area contributed by atoms with Crippen LogP contribution in [0.25, 0.3) is 0 Å². The van der Waals surface area contributed by atoms with Gasteiger partial charge in [0.2, 0.25) is 0 Å². The highest BCUT2D eigenvalue weighted by atomic mass is 28.2. The molecule has 0 atom stereocenters. The van der Waals surface area contributed by atoms with Gasteiger partial charge in [-0.15, -0.1) is 0 Å². The van der Waals surface area contributed by atoms with Crippen molar-refractivity contribution >= 4 is 14.7 Å². The van der Waals surface area contributed by atoms with E-state index < -0.39 is 0 Å². The van der Waals surface area contributed by atoms with Crippen molar-refractivity contribution in [1.82, 2.24) is 0 Å². The van der Waals surface area contributed by atoms with Crippen LogP contribution >= 0.6 is 0 Å². The van der Waals surface area contributed by atoms with Gasteiger partial charge in [-0.25, -0.2) is 0 Å². The Morgan fingerprint density at radius 3 is 2.27 bits per heavy atom. The van der Waals surface area contributed by atoms with Gasteiger partial charge in [0.1, 0.15) is 0 Å². The first-order chi connectivity index (χ1) is 7.43. The second-order valence-electron chi connectivity index (χ2n) is 4.17. The molecule has 0 aliphatic rings. The molecule has 0 unspecified atom stereocenters. The second-order valence-corrected chi connectivity index (χ2v) is 5.82. The largest absolute Gasteiger partial charge is 0.0667 e. The van der Waals surface area contributed by atoms with Crippen LogP contribution < -0.4 is 5.19 Å². The minimum Gasteiger partial charge on any atom is -0.0656 e. The summed E-state index contributed by atoms with van der Waals surface area (Å²) in [4.78, 5) is 0. The molecule has 0 spiro atoms. The highest BCUT2D eigenvalue weighted by Crippen LogP contribution is 2.06. The predicted octanol–water partition coefficient (Wildman–Crippen LogP) is 3.53. The maximum atomic E-state index is 2.28. The van der Waals surface area contributed by atoms with Crippen LogP contribution in [-0.2, 0) is 0 Å². The van der Waals surface area contributed by atoms with Crippen molar-refractivity contribution in [3.8, 4) is 0 Å². The lowest BCUT2D eigenvalue weighted by Gasteiger charge is -2.01. The van der Waals surface area contributed by atoms with Crippen LogP contribution in [0.2, 0.25) is 6.04 Å². The Hall–Kier alpha value is -0.563. The summed E-state index contributed by atoms with van der Waals surface area (Å²) in [7, 11) is 0.533. The molecule has 0 heterocycles. The highest BCUT2D eigenvalue weighted by Gasteiger charge is 1.93.